The van der Waals surface area contributed by atoms with E-state index in [0.717, 1.165) is 0 Å². The summed E-state index contributed by atoms with van der Waals surface area (Å²) in [6, 6.07) is 4.85. The highest BCUT2D eigenvalue weighted by molar-refractivity contribution is 5.84. The Kier molecular flexibility index (Phi) is 4.73. The van der Waals surface area contributed by atoms with Gasteiger partial charge in [-0.1, -0.05) is 12.1 Å². The number of nitrogens with one attached hydrogen (secondary N) is 1. The van der Waals surface area contributed by atoms with E-state index in [1.807, 2.05) is 0 Å². The number of rotatable bonds is 6. The van der Waals surface area contributed by atoms with Crippen molar-refractivity contribution in [2.45, 2.75) is 25.3 Å². The van der Waals surface area contributed by atoms with Crippen LogP contribution < -0.4 is 5.32 Å². The Morgan fingerprint density at radius 2 is 2.30 bits per heavy atom. The highest BCUT2D eigenvalue weighted by atomic mass is 19.1. The summed E-state index contributed by atoms with van der Waals surface area (Å²) in [5.74, 6) is -0.609. The summed E-state index contributed by atoms with van der Waals surface area (Å²) >= 11 is 0. The van der Waals surface area contributed by atoms with E-state index < -0.39 is 5.54 Å². The molecular formula is C15H20FNO3. The smallest absolute Gasteiger partial charge is 0.331 e. The van der Waals surface area contributed by atoms with Crippen molar-refractivity contribution in [1.82, 2.24) is 5.32 Å². The molecule has 5 heteroatoms. The molecule has 4 nitrogen and oxygen atoms in total. The van der Waals surface area contributed by atoms with Crippen molar-refractivity contribution < 1.29 is 18.7 Å². The predicted molar refractivity (Wildman–Crippen MR) is 72.9 cm³/mol. The van der Waals surface area contributed by atoms with Crippen LogP contribution in [-0.2, 0) is 26.2 Å². The topological polar surface area (TPSA) is 47.6 Å². The van der Waals surface area contributed by atoms with Crippen molar-refractivity contribution in [3.8, 4) is 0 Å². The van der Waals surface area contributed by atoms with Crippen molar-refractivity contribution in [3.05, 3.63) is 35.1 Å². The molecule has 1 N–H and O–H groups in total. The Labute approximate surface area is 118 Å². The number of esters is 1. The highest BCUT2D eigenvalue weighted by Gasteiger charge is 2.47. The number of fused-ring (bicyclic) bond motifs is 1. The number of carbonyl (C=O) groups is 1. The van der Waals surface area contributed by atoms with Gasteiger partial charge in [-0.05, 0) is 37.0 Å². The third-order valence-corrected chi connectivity index (χ3v) is 3.69. The summed E-state index contributed by atoms with van der Waals surface area (Å²) in [6.07, 6.45) is 1.03. The molecule has 0 saturated carbocycles. The Morgan fingerprint density at radius 1 is 1.50 bits per heavy atom. The second kappa shape index (κ2) is 6.33. The van der Waals surface area contributed by atoms with Gasteiger partial charge >= 0.3 is 5.97 Å². The molecular weight excluding hydrogens is 261 g/mol. The van der Waals surface area contributed by atoms with Crippen LogP contribution in [0.2, 0.25) is 0 Å². The molecule has 1 aliphatic rings. The zero-order valence-electron chi connectivity index (χ0n) is 11.9. The highest BCUT2D eigenvalue weighted by Crippen LogP contribution is 2.39. The molecule has 0 fully saturated rings. The monoisotopic (exact) mass is 281 g/mol. The summed E-state index contributed by atoms with van der Waals surface area (Å²) in [5.41, 5.74) is 0.337. The first-order valence-electron chi connectivity index (χ1n) is 6.84. The SMILES string of the molecule is CCOC(=O)C1(NCCOC)CCc2c(F)cccc21. The first-order chi connectivity index (χ1) is 9.65. The zero-order valence-corrected chi connectivity index (χ0v) is 11.9. The van der Waals surface area contributed by atoms with Gasteiger partial charge in [0.1, 0.15) is 11.4 Å². The maximum atomic E-state index is 13.9. The van der Waals surface area contributed by atoms with Crippen LogP contribution in [-0.4, -0.2) is 32.8 Å². The molecule has 0 saturated heterocycles. The molecule has 1 aliphatic carbocycles. The van der Waals surface area contributed by atoms with Crippen molar-refractivity contribution in [2.75, 3.05) is 26.9 Å². The van der Waals surface area contributed by atoms with Crippen molar-refractivity contribution >= 4 is 5.97 Å². The molecule has 0 spiro atoms. The number of carbonyl (C=O) groups excluding carboxylic acids is 1. The summed E-state index contributed by atoms with van der Waals surface area (Å²) in [5, 5.41) is 3.20. The Bertz CT molecular complexity index is 492. The summed E-state index contributed by atoms with van der Waals surface area (Å²) in [7, 11) is 1.60. The minimum Gasteiger partial charge on any atom is -0.464 e. The Morgan fingerprint density at radius 3 is 3.00 bits per heavy atom. The van der Waals surface area contributed by atoms with Gasteiger partial charge in [0, 0.05) is 13.7 Å². The lowest BCUT2D eigenvalue weighted by Gasteiger charge is -2.29. The van der Waals surface area contributed by atoms with E-state index in [4.69, 9.17) is 9.47 Å². The molecule has 1 aromatic carbocycles. The lowest BCUT2D eigenvalue weighted by molar-refractivity contribution is -0.151. The van der Waals surface area contributed by atoms with Gasteiger partial charge in [0.05, 0.1) is 13.2 Å². The van der Waals surface area contributed by atoms with Gasteiger partial charge in [-0.2, -0.15) is 0 Å². The first kappa shape index (κ1) is 14.9. The Balaban J connectivity index is 2.35. The van der Waals surface area contributed by atoms with E-state index in [-0.39, 0.29) is 11.8 Å². The summed E-state index contributed by atoms with van der Waals surface area (Å²) in [6.45, 7) is 3.05. The van der Waals surface area contributed by atoms with Gasteiger partial charge in [0.25, 0.3) is 0 Å². The van der Waals surface area contributed by atoms with Gasteiger partial charge in [-0.25, -0.2) is 9.18 Å². The van der Waals surface area contributed by atoms with E-state index >= 15 is 0 Å². The van der Waals surface area contributed by atoms with Crippen molar-refractivity contribution in [1.29, 1.82) is 0 Å². The van der Waals surface area contributed by atoms with Crippen LogP contribution in [0.1, 0.15) is 24.5 Å². The number of halogens is 1. The van der Waals surface area contributed by atoms with E-state index in [9.17, 15) is 9.18 Å². The molecule has 0 aromatic heterocycles. The van der Waals surface area contributed by atoms with Crippen LogP contribution in [0.15, 0.2) is 18.2 Å². The number of benzene rings is 1. The molecule has 1 aromatic rings. The molecule has 0 heterocycles. The number of methoxy groups -OCH3 is 1. The standard InChI is InChI=1S/C15H20FNO3/c1-3-20-14(18)15(17-9-10-19-2)8-7-11-12(15)5-4-6-13(11)16/h4-6,17H,3,7-10H2,1-2H3. The van der Waals surface area contributed by atoms with Gasteiger partial charge in [-0.15, -0.1) is 0 Å². The van der Waals surface area contributed by atoms with E-state index in [1.165, 1.54) is 6.07 Å². The maximum absolute atomic E-state index is 13.9. The number of hydrogen-bond acceptors (Lipinski definition) is 4. The van der Waals surface area contributed by atoms with Gasteiger partial charge < -0.3 is 9.47 Å². The molecule has 1 atom stereocenters. The lowest BCUT2D eigenvalue weighted by atomic mass is 9.91. The van der Waals surface area contributed by atoms with Crippen LogP contribution >= 0.6 is 0 Å². The van der Waals surface area contributed by atoms with Crippen molar-refractivity contribution in [3.63, 3.8) is 0 Å². The predicted octanol–water partition coefficient (Wildman–Crippen LogP) is 1.77. The number of hydrogen-bond donors (Lipinski definition) is 1. The first-order valence-corrected chi connectivity index (χ1v) is 6.84. The minimum atomic E-state index is -0.952. The molecule has 0 amide bonds. The van der Waals surface area contributed by atoms with Crippen LogP contribution in [0.5, 0.6) is 0 Å². The van der Waals surface area contributed by atoms with Crippen LogP contribution in [0.4, 0.5) is 4.39 Å². The fraction of sp³-hybridized carbons (Fsp3) is 0.533. The van der Waals surface area contributed by atoms with Gasteiger partial charge in [0.2, 0.25) is 0 Å². The Hall–Kier alpha value is -1.46. The third kappa shape index (κ3) is 2.55. The minimum absolute atomic E-state index is 0.262. The third-order valence-electron chi connectivity index (χ3n) is 3.69. The largest absolute Gasteiger partial charge is 0.464 e. The number of ether oxygens (including phenoxy) is 2. The molecule has 20 heavy (non-hydrogen) atoms. The quantitative estimate of drug-likeness (QED) is 0.637. The van der Waals surface area contributed by atoms with Crippen LogP contribution in [0.3, 0.4) is 0 Å². The molecule has 1 unspecified atom stereocenters. The summed E-state index contributed by atoms with van der Waals surface area (Å²) < 4.78 is 24.1. The van der Waals surface area contributed by atoms with Crippen LogP contribution in [0, 0.1) is 5.82 Å². The average molecular weight is 281 g/mol. The normalized spacial score (nSPS) is 20.8. The molecule has 2 rings (SSSR count). The molecule has 0 bridgehead atoms. The summed E-state index contributed by atoms with van der Waals surface area (Å²) in [4.78, 5) is 12.4. The average Bonchev–Trinajstić information content (AvgIpc) is 2.81. The van der Waals surface area contributed by atoms with E-state index in [1.54, 1.807) is 26.2 Å². The molecule has 0 radical (unpaired) electrons. The van der Waals surface area contributed by atoms with E-state index in [2.05, 4.69) is 5.32 Å². The second-order valence-corrected chi connectivity index (χ2v) is 4.81. The lowest BCUT2D eigenvalue weighted by Crippen LogP contribution is -2.49. The fourth-order valence-corrected chi connectivity index (χ4v) is 2.75. The fourth-order valence-electron chi connectivity index (χ4n) is 2.75. The molecule has 110 valence electrons. The second-order valence-electron chi connectivity index (χ2n) is 4.81. The molecule has 0 aliphatic heterocycles. The van der Waals surface area contributed by atoms with E-state index in [0.29, 0.717) is 43.7 Å². The van der Waals surface area contributed by atoms with Crippen LogP contribution in [0.25, 0.3) is 0 Å². The van der Waals surface area contributed by atoms with Crippen molar-refractivity contribution in [2.24, 2.45) is 0 Å². The van der Waals surface area contributed by atoms with Gasteiger partial charge in [0.15, 0.2) is 0 Å². The maximum Gasteiger partial charge on any atom is 0.331 e. The van der Waals surface area contributed by atoms with Gasteiger partial charge in [-0.3, -0.25) is 5.32 Å². The zero-order chi connectivity index (χ0) is 14.6.